The molecule has 0 fully saturated rings. The van der Waals surface area contributed by atoms with Crippen LogP contribution in [0.25, 0.3) is 0 Å². The Labute approximate surface area is 189 Å². The van der Waals surface area contributed by atoms with E-state index >= 15 is 0 Å². The fraction of sp³-hybridized carbons (Fsp3) is 0.565. The maximum atomic E-state index is 13.0. The van der Waals surface area contributed by atoms with Gasteiger partial charge in [-0.3, -0.25) is 19.2 Å². The minimum Gasteiger partial charge on any atom is -0.480 e. The summed E-state index contributed by atoms with van der Waals surface area (Å²) in [5.74, 6) is -3.10. The quantitative estimate of drug-likeness (QED) is 0.319. The summed E-state index contributed by atoms with van der Waals surface area (Å²) in [5, 5.41) is 16.9. The minimum absolute atomic E-state index is 0.0556. The number of hydrogen-bond acceptors (Lipinski definition) is 5. The van der Waals surface area contributed by atoms with Gasteiger partial charge in [-0.2, -0.15) is 0 Å². The van der Waals surface area contributed by atoms with Crippen LogP contribution < -0.4 is 21.7 Å². The molecule has 3 amide bonds. The first-order valence-electron chi connectivity index (χ1n) is 10.9. The highest BCUT2D eigenvalue weighted by Crippen LogP contribution is 2.10. The van der Waals surface area contributed by atoms with E-state index in [2.05, 4.69) is 16.0 Å². The van der Waals surface area contributed by atoms with Crippen molar-refractivity contribution in [2.75, 3.05) is 0 Å². The van der Waals surface area contributed by atoms with Gasteiger partial charge in [-0.05, 0) is 24.3 Å². The second kappa shape index (κ2) is 12.8. The van der Waals surface area contributed by atoms with Crippen molar-refractivity contribution in [1.82, 2.24) is 16.0 Å². The lowest BCUT2D eigenvalue weighted by Crippen LogP contribution is -2.59. The van der Waals surface area contributed by atoms with Crippen LogP contribution in [-0.2, 0) is 25.6 Å². The summed E-state index contributed by atoms with van der Waals surface area (Å²) in [6.07, 6.45) is 0.879. The normalized spacial score (nSPS) is 15.7. The zero-order valence-corrected chi connectivity index (χ0v) is 19.4. The minimum atomic E-state index is -1.19. The highest BCUT2D eigenvalue weighted by Gasteiger charge is 2.31. The van der Waals surface area contributed by atoms with Crippen LogP contribution in [0.2, 0.25) is 0 Å². The van der Waals surface area contributed by atoms with Crippen LogP contribution >= 0.6 is 0 Å². The maximum Gasteiger partial charge on any atom is 0.325 e. The van der Waals surface area contributed by atoms with Crippen molar-refractivity contribution < 1.29 is 24.3 Å². The van der Waals surface area contributed by atoms with E-state index in [0.29, 0.717) is 6.42 Å². The van der Waals surface area contributed by atoms with E-state index in [1.54, 1.807) is 38.1 Å². The van der Waals surface area contributed by atoms with E-state index in [1.807, 2.05) is 19.9 Å². The van der Waals surface area contributed by atoms with Crippen LogP contribution in [0.1, 0.15) is 46.6 Å². The first-order valence-corrected chi connectivity index (χ1v) is 10.9. The number of rotatable bonds is 12. The molecule has 5 atom stereocenters. The van der Waals surface area contributed by atoms with Gasteiger partial charge >= 0.3 is 5.97 Å². The van der Waals surface area contributed by atoms with Crippen molar-refractivity contribution in [1.29, 1.82) is 0 Å². The second-order valence-electron chi connectivity index (χ2n) is 8.46. The van der Waals surface area contributed by atoms with Gasteiger partial charge in [0, 0.05) is 6.42 Å². The third kappa shape index (κ3) is 8.30. The first kappa shape index (κ1) is 27.1. The fourth-order valence-corrected chi connectivity index (χ4v) is 2.99. The van der Waals surface area contributed by atoms with E-state index in [-0.39, 0.29) is 18.3 Å². The van der Waals surface area contributed by atoms with Crippen molar-refractivity contribution >= 4 is 23.7 Å². The molecule has 178 valence electrons. The van der Waals surface area contributed by atoms with E-state index in [4.69, 9.17) is 10.8 Å². The summed E-state index contributed by atoms with van der Waals surface area (Å²) >= 11 is 0. The highest BCUT2D eigenvalue weighted by molar-refractivity contribution is 5.94. The number of carboxylic acids is 1. The number of nitrogens with one attached hydrogen (secondary N) is 3. The molecule has 1 aromatic carbocycles. The van der Waals surface area contributed by atoms with Gasteiger partial charge in [-0.25, -0.2) is 0 Å². The Kier molecular flexibility index (Phi) is 10.8. The largest absolute Gasteiger partial charge is 0.480 e. The fourth-order valence-electron chi connectivity index (χ4n) is 2.99. The monoisotopic (exact) mass is 448 g/mol. The molecule has 9 heteroatoms. The SMILES string of the molecule is CCC(C)C(N)C(=O)NC(C(=O)NC(Cc1ccccc1)C(=O)NC(C)C(=O)O)C(C)C. The third-order valence-electron chi connectivity index (χ3n) is 5.45. The summed E-state index contributed by atoms with van der Waals surface area (Å²) in [4.78, 5) is 49.5. The van der Waals surface area contributed by atoms with Crippen LogP contribution in [0, 0.1) is 11.8 Å². The Morgan fingerprint density at radius 1 is 0.906 bits per heavy atom. The molecule has 0 heterocycles. The molecule has 0 aromatic heterocycles. The Bertz CT molecular complexity index is 784. The molecule has 0 saturated heterocycles. The Balaban J connectivity index is 3.02. The van der Waals surface area contributed by atoms with Crippen molar-refractivity contribution in [2.24, 2.45) is 17.6 Å². The lowest BCUT2D eigenvalue weighted by molar-refractivity contribution is -0.141. The van der Waals surface area contributed by atoms with E-state index in [9.17, 15) is 19.2 Å². The molecule has 0 saturated carbocycles. The number of benzene rings is 1. The van der Waals surface area contributed by atoms with Gasteiger partial charge < -0.3 is 26.8 Å². The van der Waals surface area contributed by atoms with Crippen molar-refractivity contribution in [2.45, 2.75) is 71.6 Å². The molecular formula is C23H36N4O5. The number of amides is 3. The van der Waals surface area contributed by atoms with Crippen molar-refractivity contribution in [3.8, 4) is 0 Å². The van der Waals surface area contributed by atoms with Crippen molar-refractivity contribution in [3.05, 3.63) is 35.9 Å². The van der Waals surface area contributed by atoms with E-state index < -0.39 is 47.9 Å². The topological polar surface area (TPSA) is 151 Å². The van der Waals surface area contributed by atoms with Crippen LogP contribution in [0.5, 0.6) is 0 Å². The molecule has 0 bridgehead atoms. The van der Waals surface area contributed by atoms with Gasteiger partial charge in [0.1, 0.15) is 18.1 Å². The van der Waals surface area contributed by atoms with Gasteiger partial charge in [-0.15, -0.1) is 0 Å². The molecule has 5 unspecified atom stereocenters. The smallest absolute Gasteiger partial charge is 0.325 e. The first-order chi connectivity index (χ1) is 15.0. The van der Waals surface area contributed by atoms with Crippen molar-refractivity contribution in [3.63, 3.8) is 0 Å². The third-order valence-corrected chi connectivity index (χ3v) is 5.45. The number of hydrogen-bond donors (Lipinski definition) is 5. The summed E-state index contributed by atoms with van der Waals surface area (Å²) in [6.45, 7) is 8.68. The summed E-state index contributed by atoms with van der Waals surface area (Å²) < 4.78 is 0. The molecule has 9 nitrogen and oxygen atoms in total. The molecular weight excluding hydrogens is 412 g/mol. The Morgan fingerprint density at radius 2 is 1.50 bits per heavy atom. The molecule has 0 spiro atoms. The Hall–Kier alpha value is -2.94. The zero-order chi connectivity index (χ0) is 24.4. The number of aliphatic carboxylic acids is 1. The average molecular weight is 449 g/mol. The predicted molar refractivity (Wildman–Crippen MR) is 122 cm³/mol. The molecule has 1 aromatic rings. The molecule has 0 aliphatic carbocycles. The van der Waals surface area contributed by atoms with E-state index in [1.165, 1.54) is 6.92 Å². The van der Waals surface area contributed by atoms with Gasteiger partial charge in [0.25, 0.3) is 0 Å². The maximum absolute atomic E-state index is 13.0. The lowest BCUT2D eigenvalue weighted by Gasteiger charge is -2.27. The van der Waals surface area contributed by atoms with Gasteiger partial charge in [-0.1, -0.05) is 64.4 Å². The molecule has 0 radical (unpaired) electrons. The average Bonchev–Trinajstić information content (AvgIpc) is 2.75. The van der Waals surface area contributed by atoms with Gasteiger partial charge in [0.2, 0.25) is 17.7 Å². The predicted octanol–water partition coefficient (Wildman–Crippen LogP) is 0.817. The summed E-state index contributed by atoms with van der Waals surface area (Å²) in [6, 6.07) is 5.25. The van der Waals surface area contributed by atoms with Gasteiger partial charge in [0.15, 0.2) is 0 Å². The number of carboxylic acid groups (broad SMARTS) is 1. The summed E-state index contributed by atoms with van der Waals surface area (Å²) in [5.41, 5.74) is 6.78. The molecule has 6 N–H and O–H groups in total. The standard InChI is InChI=1S/C23H36N4O5/c1-6-14(4)18(24)21(29)27-19(13(2)3)22(30)26-17(12-16-10-8-7-9-11-16)20(28)25-15(5)23(31)32/h7-11,13-15,17-19H,6,12,24H2,1-5H3,(H,25,28)(H,26,30)(H,27,29)(H,31,32). The zero-order valence-electron chi connectivity index (χ0n) is 19.4. The molecule has 1 rings (SSSR count). The van der Waals surface area contributed by atoms with Crippen LogP contribution in [0.15, 0.2) is 30.3 Å². The second-order valence-corrected chi connectivity index (χ2v) is 8.46. The molecule has 0 aliphatic rings. The van der Waals surface area contributed by atoms with Gasteiger partial charge in [0.05, 0.1) is 6.04 Å². The number of carbonyl (C=O) groups is 4. The summed E-state index contributed by atoms with van der Waals surface area (Å²) in [7, 11) is 0. The number of nitrogens with two attached hydrogens (primary N) is 1. The van der Waals surface area contributed by atoms with Crippen LogP contribution in [-0.4, -0.2) is 53.0 Å². The highest BCUT2D eigenvalue weighted by atomic mass is 16.4. The number of carbonyl (C=O) groups excluding carboxylic acids is 3. The van der Waals surface area contributed by atoms with Crippen LogP contribution in [0.4, 0.5) is 0 Å². The van der Waals surface area contributed by atoms with Crippen LogP contribution in [0.3, 0.4) is 0 Å². The van der Waals surface area contributed by atoms with E-state index in [0.717, 1.165) is 5.56 Å². The molecule has 32 heavy (non-hydrogen) atoms. The Morgan fingerprint density at radius 3 is 2.00 bits per heavy atom. The molecule has 0 aliphatic heterocycles. The lowest BCUT2D eigenvalue weighted by atomic mass is 9.97.